The van der Waals surface area contributed by atoms with Crippen molar-refractivity contribution < 1.29 is 30.3 Å². The van der Waals surface area contributed by atoms with E-state index >= 15 is 0 Å². The van der Waals surface area contributed by atoms with E-state index < -0.39 is 0 Å². The summed E-state index contributed by atoms with van der Waals surface area (Å²) in [5.41, 5.74) is 0. The Hall–Kier alpha value is 2.07. The fraction of sp³-hybridized carbons (Fsp3) is 0.833. The van der Waals surface area contributed by atoms with Crippen LogP contribution in [0.1, 0.15) is 64.2 Å². The zero-order valence-electron chi connectivity index (χ0n) is 10.9. The van der Waals surface area contributed by atoms with Gasteiger partial charge in [0.1, 0.15) is 0 Å². The molecule has 0 amide bonds. The van der Waals surface area contributed by atoms with E-state index in [4.69, 9.17) is 0 Å². The second-order valence-electron chi connectivity index (χ2n) is 3.85. The minimum atomic E-state index is 0. The van der Waals surface area contributed by atoms with Gasteiger partial charge in [-0.15, -0.1) is 0 Å². The molecule has 0 aromatic rings. The van der Waals surface area contributed by atoms with Crippen LogP contribution in [0.15, 0.2) is 0 Å². The molecule has 2 rings (SSSR count). The molecule has 2 saturated carbocycles. The molecule has 0 saturated heterocycles. The normalized spacial score (nSPS) is 16.9. The number of rotatable bonds is 0. The van der Waals surface area contributed by atoms with Gasteiger partial charge in [-0.2, -0.15) is 25.7 Å². The van der Waals surface area contributed by atoms with Crippen LogP contribution in [-0.4, -0.2) is 51.6 Å². The van der Waals surface area contributed by atoms with Gasteiger partial charge in [-0.1, -0.05) is 38.5 Å². The van der Waals surface area contributed by atoms with Gasteiger partial charge in [-0.05, 0) is 0 Å². The van der Waals surface area contributed by atoms with Gasteiger partial charge in [-0.3, -0.25) is 0 Å². The molecule has 0 aromatic heterocycles. The summed E-state index contributed by atoms with van der Waals surface area (Å²) in [5.74, 6) is 0. The Labute approximate surface area is 152 Å². The first kappa shape index (κ1) is 31.5. The van der Waals surface area contributed by atoms with Crippen molar-refractivity contribution in [3.63, 3.8) is 0 Å². The van der Waals surface area contributed by atoms with Gasteiger partial charge < -0.3 is 43.1 Å². The van der Waals surface area contributed by atoms with Crippen LogP contribution >= 0.6 is 0 Å². The second kappa shape index (κ2) is 26.6. The number of hydrogen-bond donors (Lipinski definition) is 0. The Morgan fingerprint density at radius 3 is 0.765 bits per heavy atom. The molecule has 0 unspecified atom stereocenters. The van der Waals surface area contributed by atoms with E-state index in [2.05, 4.69) is 12.8 Å². The summed E-state index contributed by atoms with van der Waals surface area (Å²) < 4.78 is 0. The molecule has 0 spiro atoms. The average molecular weight is 304 g/mol. The van der Waals surface area contributed by atoms with Gasteiger partial charge in [0.05, 0.1) is 0 Å². The number of halogens is 2. The van der Waals surface area contributed by atoms with Crippen molar-refractivity contribution in [1.82, 2.24) is 0 Å². The molecule has 0 aliphatic heterocycles. The zero-order valence-corrected chi connectivity index (χ0v) is 15.2. The van der Waals surface area contributed by atoms with Crippen molar-refractivity contribution in [2.24, 2.45) is 0 Å². The predicted molar refractivity (Wildman–Crippen MR) is 69.9 cm³/mol. The minimum absolute atomic E-state index is 0. The Balaban J connectivity index is -0.0000000436. The maximum Gasteiger partial charge on any atom is 2.00 e. The molecule has 0 radical (unpaired) electrons. The first-order chi connectivity index (χ1) is 6.00. The topological polar surface area (TPSA) is 31.5 Å². The van der Waals surface area contributed by atoms with Gasteiger partial charge in [0.25, 0.3) is 0 Å². The maximum absolute atomic E-state index is 2.39. The molecule has 2 aliphatic rings. The van der Waals surface area contributed by atoms with E-state index in [0.29, 0.717) is 0 Å². The van der Waals surface area contributed by atoms with E-state index in [1.54, 1.807) is 0 Å². The first-order valence-corrected chi connectivity index (χ1v) is 5.63. The SMILES string of the molecule is O.[CH-]1CCCCC1.[CH-]1CCCCC1.[Cl-].[Cl-].[Mg+2].[Mg+2]. The summed E-state index contributed by atoms with van der Waals surface area (Å²) in [6.45, 7) is 0. The molecular weight excluding hydrogens is 280 g/mol. The first-order valence-electron chi connectivity index (χ1n) is 5.63. The zero-order chi connectivity index (χ0) is 8.49. The Kier molecular flexibility index (Phi) is 49.2. The van der Waals surface area contributed by atoms with Crippen molar-refractivity contribution in [2.75, 3.05) is 0 Å². The molecule has 0 heterocycles. The Morgan fingerprint density at radius 1 is 0.471 bits per heavy atom. The van der Waals surface area contributed by atoms with E-state index in [9.17, 15) is 0 Å². The van der Waals surface area contributed by atoms with Crippen LogP contribution in [0.2, 0.25) is 0 Å². The molecule has 2 N–H and O–H groups in total. The summed E-state index contributed by atoms with van der Waals surface area (Å²) in [6, 6.07) is 0. The molecule has 0 atom stereocenters. The largest absolute Gasteiger partial charge is 2.00 e. The Bertz CT molecular complexity index is 65.5. The summed E-state index contributed by atoms with van der Waals surface area (Å²) in [6.07, 6.45) is 19.0. The van der Waals surface area contributed by atoms with E-state index in [-0.39, 0.29) is 76.4 Å². The van der Waals surface area contributed by atoms with Gasteiger partial charge in [0, 0.05) is 0 Å². The van der Waals surface area contributed by atoms with E-state index in [1.165, 1.54) is 64.2 Å². The van der Waals surface area contributed by atoms with Crippen molar-refractivity contribution in [2.45, 2.75) is 64.2 Å². The van der Waals surface area contributed by atoms with Crippen molar-refractivity contribution in [3.05, 3.63) is 12.8 Å². The van der Waals surface area contributed by atoms with Crippen LogP contribution in [0.4, 0.5) is 0 Å². The van der Waals surface area contributed by atoms with E-state index in [1.807, 2.05) is 0 Å². The van der Waals surface area contributed by atoms with Crippen LogP contribution in [-0.2, 0) is 0 Å². The smallest absolute Gasteiger partial charge is 1.00 e. The molecule has 0 aromatic carbocycles. The van der Waals surface area contributed by atoms with Gasteiger partial charge >= 0.3 is 46.1 Å². The molecule has 17 heavy (non-hydrogen) atoms. The summed E-state index contributed by atoms with van der Waals surface area (Å²) in [7, 11) is 0. The van der Waals surface area contributed by atoms with Crippen molar-refractivity contribution in [3.8, 4) is 0 Å². The summed E-state index contributed by atoms with van der Waals surface area (Å²) in [4.78, 5) is 0. The van der Waals surface area contributed by atoms with Crippen LogP contribution < -0.4 is 24.8 Å². The number of hydrogen-bond acceptors (Lipinski definition) is 0. The summed E-state index contributed by atoms with van der Waals surface area (Å²) in [5, 5.41) is 0. The van der Waals surface area contributed by atoms with Crippen molar-refractivity contribution >= 4 is 46.1 Å². The fourth-order valence-electron chi connectivity index (χ4n) is 1.80. The Morgan fingerprint density at radius 2 is 0.706 bits per heavy atom. The van der Waals surface area contributed by atoms with Crippen LogP contribution in [0.25, 0.3) is 0 Å². The van der Waals surface area contributed by atoms with Crippen LogP contribution in [0, 0.1) is 12.8 Å². The van der Waals surface area contributed by atoms with Gasteiger partial charge in [-0.25, -0.2) is 0 Å². The molecule has 96 valence electrons. The standard InChI is InChI=1S/2C6H11.2ClH.2Mg.H2O/c2*1-2-4-6-5-3-1;;;;;/h2*1H,2-6H2;2*1H;;;1H2/q2*-1;;;2*+2;/p-2. The van der Waals surface area contributed by atoms with Crippen LogP contribution in [0.5, 0.6) is 0 Å². The maximum atomic E-state index is 2.39. The third-order valence-electron chi connectivity index (χ3n) is 2.63. The van der Waals surface area contributed by atoms with Crippen molar-refractivity contribution in [1.29, 1.82) is 0 Å². The molecule has 5 heteroatoms. The summed E-state index contributed by atoms with van der Waals surface area (Å²) >= 11 is 0. The predicted octanol–water partition coefficient (Wildman–Crippen LogP) is -3.27. The fourth-order valence-corrected chi connectivity index (χ4v) is 1.80. The second-order valence-corrected chi connectivity index (χ2v) is 3.85. The molecule has 1 nitrogen and oxygen atoms in total. The van der Waals surface area contributed by atoms with Crippen LogP contribution in [0.3, 0.4) is 0 Å². The minimum Gasteiger partial charge on any atom is -1.00 e. The van der Waals surface area contributed by atoms with Gasteiger partial charge in [0.15, 0.2) is 0 Å². The average Bonchev–Trinajstić information content (AvgIpc) is 2.24. The molecular formula is C12H24Cl2Mg2O. The van der Waals surface area contributed by atoms with Gasteiger partial charge in [0.2, 0.25) is 0 Å². The molecule has 0 bridgehead atoms. The molecule has 2 aliphatic carbocycles. The third-order valence-corrected chi connectivity index (χ3v) is 2.63. The molecule has 2 fully saturated rings. The third kappa shape index (κ3) is 23.6. The van der Waals surface area contributed by atoms with E-state index in [0.717, 1.165) is 0 Å². The quantitative estimate of drug-likeness (QED) is 0.332. The monoisotopic (exact) mass is 302 g/mol.